The topological polar surface area (TPSA) is 63.6 Å². The van der Waals surface area contributed by atoms with Crippen LogP contribution in [0.1, 0.15) is 149 Å². The van der Waals surface area contributed by atoms with Gasteiger partial charge in [-0.2, -0.15) is 0 Å². The Morgan fingerprint density at radius 1 is 0.676 bits per heavy atom. The molecule has 1 atom stereocenters. The van der Waals surface area contributed by atoms with Crippen molar-refractivity contribution in [3.05, 3.63) is 24.3 Å². The van der Waals surface area contributed by atoms with E-state index in [2.05, 4.69) is 38.2 Å². The molecule has 34 heavy (non-hydrogen) atoms. The van der Waals surface area contributed by atoms with Gasteiger partial charge in [-0.15, -0.1) is 0 Å². The quantitative estimate of drug-likeness (QED) is 0.0806. The first-order valence-corrected chi connectivity index (χ1v) is 14.3. The average molecular weight is 479 g/mol. The summed E-state index contributed by atoms with van der Waals surface area (Å²) in [5.74, 6) is -0.769. The Bertz CT molecular complexity index is 524. The molecule has 0 saturated carbocycles. The first-order chi connectivity index (χ1) is 16.6. The monoisotopic (exact) mass is 478 g/mol. The molecule has 0 amide bonds. The molecular formula is C30H54O4. The van der Waals surface area contributed by atoms with Crippen molar-refractivity contribution in [1.29, 1.82) is 0 Å². The van der Waals surface area contributed by atoms with Gasteiger partial charge < -0.3 is 9.84 Å². The Morgan fingerprint density at radius 3 is 1.88 bits per heavy atom. The summed E-state index contributed by atoms with van der Waals surface area (Å²) in [6.45, 7) is 4.45. The lowest BCUT2D eigenvalue weighted by atomic mass is 10.1. The Balaban J connectivity index is 4.25. The lowest BCUT2D eigenvalue weighted by molar-refractivity contribution is -0.147. The largest absolute Gasteiger partial charge is 0.481 e. The van der Waals surface area contributed by atoms with Crippen LogP contribution in [0, 0.1) is 0 Å². The van der Waals surface area contributed by atoms with Gasteiger partial charge in [0.05, 0.1) is 0 Å². The number of carbonyl (C=O) groups is 2. The van der Waals surface area contributed by atoms with Crippen LogP contribution in [0.15, 0.2) is 24.3 Å². The minimum Gasteiger partial charge on any atom is -0.481 e. The average Bonchev–Trinajstić information content (AvgIpc) is 2.81. The SMILES string of the molecule is CCCCCC/C=C\C/C=C\C(CCCCCCCCC(=O)O)OC(=O)CCCCCCCC. The van der Waals surface area contributed by atoms with Gasteiger partial charge in [0.25, 0.3) is 0 Å². The summed E-state index contributed by atoms with van der Waals surface area (Å²) in [7, 11) is 0. The van der Waals surface area contributed by atoms with E-state index < -0.39 is 5.97 Å². The van der Waals surface area contributed by atoms with Gasteiger partial charge in [-0.05, 0) is 51.0 Å². The Morgan fingerprint density at radius 2 is 1.24 bits per heavy atom. The number of carbonyl (C=O) groups excluding carboxylic acids is 1. The molecule has 0 bridgehead atoms. The summed E-state index contributed by atoms with van der Waals surface area (Å²) in [4.78, 5) is 22.9. The summed E-state index contributed by atoms with van der Waals surface area (Å²) in [5, 5.41) is 8.70. The first kappa shape index (κ1) is 32.4. The molecule has 4 nitrogen and oxygen atoms in total. The van der Waals surface area contributed by atoms with Gasteiger partial charge >= 0.3 is 11.9 Å². The van der Waals surface area contributed by atoms with E-state index in [1.54, 1.807) is 0 Å². The fraction of sp³-hybridized carbons (Fsp3) is 0.800. The lowest BCUT2D eigenvalue weighted by Crippen LogP contribution is -2.16. The maximum Gasteiger partial charge on any atom is 0.306 e. The molecule has 0 fully saturated rings. The van der Waals surface area contributed by atoms with Crippen molar-refractivity contribution in [2.45, 2.75) is 155 Å². The number of carboxylic acids is 1. The van der Waals surface area contributed by atoms with Crippen LogP contribution in [0.25, 0.3) is 0 Å². The molecule has 0 saturated heterocycles. The molecular weight excluding hydrogens is 424 g/mol. The van der Waals surface area contributed by atoms with E-state index in [1.807, 2.05) is 0 Å². The van der Waals surface area contributed by atoms with E-state index in [0.717, 1.165) is 70.6 Å². The van der Waals surface area contributed by atoms with Gasteiger partial charge in [0.15, 0.2) is 0 Å². The number of aliphatic carboxylic acids is 1. The standard InChI is InChI=1S/C30H54O4/c1-3-5-7-9-11-12-13-16-20-24-28(25-21-17-14-15-18-22-26-29(31)32)34-30(33)27-23-19-10-8-6-4-2/h12-13,20,24,28H,3-11,14-19,21-23,25-27H2,1-2H3,(H,31,32)/b13-12-,24-20-. The van der Waals surface area contributed by atoms with Crippen molar-refractivity contribution < 1.29 is 19.4 Å². The lowest BCUT2D eigenvalue weighted by Gasteiger charge is -2.14. The minimum absolute atomic E-state index is 0.0646. The Kier molecular flexibility index (Phi) is 24.8. The van der Waals surface area contributed by atoms with Gasteiger partial charge in [0.2, 0.25) is 0 Å². The molecule has 198 valence electrons. The number of hydrogen-bond donors (Lipinski definition) is 1. The van der Waals surface area contributed by atoms with Gasteiger partial charge in [-0.25, -0.2) is 0 Å². The van der Waals surface area contributed by atoms with Crippen LogP contribution in [0.4, 0.5) is 0 Å². The van der Waals surface area contributed by atoms with E-state index in [1.165, 1.54) is 51.4 Å². The molecule has 1 unspecified atom stereocenters. The summed E-state index contributed by atoms with van der Waals surface area (Å²) >= 11 is 0. The van der Waals surface area contributed by atoms with Crippen LogP contribution in [0.5, 0.6) is 0 Å². The van der Waals surface area contributed by atoms with Gasteiger partial charge in [-0.1, -0.05) is 109 Å². The molecule has 0 radical (unpaired) electrons. The van der Waals surface area contributed by atoms with E-state index in [-0.39, 0.29) is 18.5 Å². The third-order valence-corrected chi connectivity index (χ3v) is 6.16. The van der Waals surface area contributed by atoms with Crippen molar-refractivity contribution in [1.82, 2.24) is 0 Å². The Labute approximate surface area is 210 Å². The zero-order chi connectivity index (χ0) is 25.1. The minimum atomic E-state index is -0.705. The number of rotatable bonds is 25. The smallest absolute Gasteiger partial charge is 0.306 e. The van der Waals surface area contributed by atoms with Crippen LogP contribution in [-0.4, -0.2) is 23.1 Å². The predicted octanol–water partition coefficient (Wildman–Crippen LogP) is 9.33. The summed E-state index contributed by atoms with van der Waals surface area (Å²) < 4.78 is 5.81. The molecule has 1 N–H and O–H groups in total. The maximum absolute atomic E-state index is 12.3. The highest BCUT2D eigenvalue weighted by molar-refractivity contribution is 5.69. The fourth-order valence-electron chi connectivity index (χ4n) is 4.01. The predicted molar refractivity (Wildman–Crippen MR) is 144 cm³/mol. The molecule has 0 spiro atoms. The molecule has 0 aliphatic rings. The third kappa shape index (κ3) is 25.1. The van der Waals surface area contributed by atoms with Crippen molar-refractivity contribution in [2.24, 2.45) is 0 Å². The molecule has 0 rings (SSSR count). The van der Waals surface area contributed by atoms with Crippen molar-refractivity contribution in [3.63, 3.8) is 0 Å². The number of unbranched alkanes of at least 4 members (excludes halogenated alkanes) is 14. The summed E-state index contributed by atoms with van der Waals surface area (Å²) in [6.07, 6.45) is 30.6. The number of esters is 1. The number of allylic oxidation sites excluding steroid dienone is 3. The summed E-state index contributed by atoms with van der Waals surface area (Å²) in [5.41, 5.74) is 0. The molecule has 0 aromatic rings. The van der Waals surface area contributed by atoms with Crippen molar-refractivity contribution >= 4 is 11.9 Å². The first-order valence-electron chi connectivity index (χ1n) is 14.3. The van der Waals surface area contributed by atoms with E-state index in [4.69, 9.17) is 9.84 Å². The van der Waals surface area contributed by atoms with E-state index in [0.29, 0.717) is 6.42 Å². The highest BCUT2D eigenvalue weighted by Crippen LogP contribution is 2.15. The molecule has 0 aliphatic heterocycles. The van der Waals surface area contributed by atoms with Crippen molar-refractivity contribution in [3.8, 4) is 0 Å². The van der Waals surface area contributed by atoms with E-state index >= 15 is 0 Å². The van der Waals surface area contributed by atoms with Crippen LogP contribution in [-0.2, 0) is 14.3 Å². The second kappa shape index (κ2) is 26.0. The zero-order valence-electron chi connectivity index (χ0n) is 22.4. The van der Waals surface area contributed by atoms with Gasteiger partial charge in [-0.3, -0.25) is 9.59 Å². The van der Waals surface area contributed by atoms with Crippen LogP contribution >= 0.6 is 0 Å². The van der Waals surface area contributed by atoms with Gasteiger partial charge in [0.1, 0.15) is 6.10 Å². The highest BCUT2D eigenvalue weighted by atomic mass is 16.5. The Hall–Kier alpha value is -1.58. The molecule has 0 aliphatic carbocycles. The second-order valence-corrected chi connectivity index (χ2v) is 9.58. The fourth-order valence-corrected chi connectivity index (χ4v) is 4.01. The number of carboxylic acid groups (broad SMARTS) is 1. The highest BCUT2D eigenvalue weighted by Gasteiger charge is 2.11. The van der Waals surface area contributed by atoms with Crippen LogP contribution in [0.3, 0.4) is 0 Å². The number of ether oxygens (including phenoxy) is 1. The zero-order valence-corrected chi connectivity index (χ0v) is 22.4. The van der Waals surface area contributed by atoms with E-state index in [9.17, 15) is 9.59 Å². The summed E-state index contributed by atoms with van der Waals surface area (Å²) in [6, 6.07) is 0. The molecule has 0 heterocycles. The molecule has 0 aromatic heterocycles. The van der Waals surface area contributed by atoms with Crippen LogP contribution < -0.4 is 0 Å². The third-order valence-electron chi connectivity index (χ3n) is 6.16. The number of hydrogen-bond acceptors (Lipinski definition) is 3. The maximum atomic E-state index is 12.3. The molecule has 0 aromatic carbocycles. The normalized spacial score (nSPS) is 12.5. The van der Waals surface area contributed by atoms with Gasteiger partial charge in [0, 0.05) is 12.8 Å². The van der Waals surface area contributed by atoms with Crippen molar-refractivity contribution in [2.75, 3.05) is 0 Å². The van der Waals surface area contributed by atoms with Crippen LogP contribution in [0.2, 0.25) is 0 Å². The molecule has 4 heteroatoms. The second-order valence-electron chi connectivity index (χ2n) is 9.58.